The van der Waals surface area contributed by atoms with Crippen LogP contribution in [-0.4, -0.2) is 18.3 Å². The Morgan fingerprint density at radius 2 is 1.90 bits per heavy atom. The molecule has 1 unspecified atom stereocenters. The topological polar surface area (TPSA) is 32.3 Å². The number of rotatable bonds is 7. The maximum Gasteiger partial charge on any atom is 0.142 e. The van der Waals surface area contributed by atoms with Crippen LogP contribution in [-0.2, 0) is 0 Å². The number of benzene rings is 1. The van der Waals surface area contributed by atoms with Crippen molar-refractivity contribution in [2.45, 2.75) is 39.7 Å². The van der Waals surface area contributed by atoms with Gasteiger partial charge in [-0.1, -0.05) is 37.0 Å². The van der Waals surface area contributed by atoms with E-state index in [9.17, 15) is 9.50 Å². The van der Waals surface area contributed by atoms with Crippen LogP contribution in [0.25, 0.3) is 0 Å². The highest BCUT2D eigenvalue weighted by Crippen LogP contribution is 2.33. The molecule has 0 fully saturated rings. The summed E-state index contributed by atoms with van der Waals surface area (Å²) in [5, 5.41) is 13.4. The first-order chi connectivity index (χ1) is 9.40. The van der Waals surface area contributed by atoms with Crippen LogP contribution in [0.5, 0.6) is 0 Å². The Kier molecular flexibility index (Phi) is 6.73. The van der Waals surface area contributed by atoms with Gasteiger partial charge in [-0.05, 0) is 31.9 Å². The summed E-state index contributed by atoms with van der Waals surface area (Å²) in [4.78, 5) is 0. The standard InChI is InChI=1S/C15H22Cl2FNO/c1-4-15(5-2,9-20)8-19-10(3)13-11(16)6-7-12(18)14(13)17/h6-7,10,19-20H,4-5,8-9H2,1-3H3. The minimum Gasteiger partial charge on any atom is -0.396 e. The molecule has 0 spiro atoms. The third-order valence-corrected chi connectivity index (χ3v) is 4.84. The van der Waals surface area contributed by atoms with Crippen molar-refractivity contribution in [3.05, 3.63) is 33.6 Å². The summed E-state index contributed by atoms with van der Waals surface area (Å²) in [6.45, 7) is 6.73. The molecule has 2 nitrogen and oxygen atoms in total. The Hall–Kier alpha value is -0.350. The van der Waals surface area contributed by atoms with Crippen molar-refractivity contribution < 1.29 is 9.50 Å². The molecule has 0 saturated carbocycles. The van der Waals surface area contributed by atoms with E-state index in [-0.39, 0.29) is 23.1 Å². The second-order valence-electron chi connectivity index (χ2n) is 5.22. The van der Waals surface area contributed by atoms with Crippen molar-refractivity contribution in [3.8, 4) is 0 Å². The smallest absolute Gasteiger partial charge is 0.142 e. The quantitative estimate of drug-likeness (QED) is 0.720. The lowest BCUT2D eigenvalue weighted by Crippen LogP contribution is -2.37. The van der Waals surface area contributed by atoms with E-state index in [0.717, 1.165) is 12.8 Å². The van der Waals surface area contributed by atoms with E-state index in [2.05, 4.69) is 5.32 Å². The molecule has 1 atom stereocenters. The van der Waals surface area contributed by atoms with Crippen LogP contribution in [0.2, 0.25) is 10.0 Å². The minimum absolute atomic E-state index is 0.0556. The summed E-state index contributed by atoms with van der Waals surface area (Å²) in [5.74, 6) is -0.473. The lowest BCUT2D eigenvalue weighted by atomic mass is 9.83. The van der Waals surface area contributed by atoms with E-state index in [4.69, 9.17) is 23.2 Å². The van der Waals surface area contributed by atoms with Crippen molar-refractivity contribution in [1.29, 1.82) is 0 Å². The molecule has 0 aliphatic rings. The van der Waals surface area contributed by atoms with E-state index >= 15 is 0 Å². The highest BCUT2D eigenvalue weighted by atomic mass is 35.5. The molecule has 1 aromatic rings. The lowest BCUT2D eigenvalue weighted by Gasteiger charge is -2.31. The van der Waals surface area contributed by atoms with Gasteiger partial charge in [0.1, 0.15) is 5.82 Å². The van der Waals surface area contributed by atoms with Crippen LogP contribution in [0.1, 0.15) is 45.2 Å². The molecule has 0 bridgehead atoms. The number of halogens is 3. The van der Waals surface area contributed by atoms with Crippen LogP contribution in [0.15, 0.2) is 12.1 Å². The maximum absolute atomic E-state index is 13.5. The number of aliphatic hydroxyl groups excluding tert-OH is 1. The average Bonchev–Trinajstić information content (AvgIpc) is 2.45. The normalized spacial score (nSPS) is 13.6. The van der Waals surface area contributed by atoms with Crippen LogP contribution in [0, 0.1) is 11.2 Å². The molecule has 1 aromatic carbocycles. The molecule has 2 N–H and O–H groups in total. The summed E-state index contributed by atoms with van der Waals surface area (Å²) in [6, 6.07) is 2.58. The van der Waals surface area contributed by atoms with Crippen LogP contribution >= 0.6 is 23.2 Å². The average molecular weight is 322 g/mol. The van der Waals surface area contributed by atoms with Gasteiger partial charge in [0.05, 0.1) is 5.02 Å². The zero-order chi connectivity index (χ0) is 15.3. The molecule has 20 heavy (non-hydrogen) atoms. The molecule has 0 aliphatic carbocycles. The summed E-state index contributed by atoms with van der Waals surface area (Å²) in [6.07, 6.45) is 1.73. The maximum atomic E-state index is 13.5. The van der Waals surface area contributed by atoms with Gasteiger partial charge in [-0.25, -0.2) is 4.39 Å². The molecule has 0 aromatic heterocycles. The van der Waals surface area contributed by atoms with E-state index in [0.29, 0.717) is 17.1 Å². The van der Waals surface area contributed by atoms with Crippen LogP contribution in [0.3, 0.4) is 0 Å². The second-order valence-corrected chi connectivity index (χ2v) is 6.01. The van der Waals surface area contributed by atoms with E-state index in [1.807, 2.05) is 20.8 Å². The molecule has 1 rings (SSSR count). The summed E-state index contributed by atoms with van der Waals surface area (Å²) in [5.41, 5.74) is 0.396. The molecule has 0 saturated heterocycles. The van der Waals surface area contributed by atoms with Crippen LogP contribution in [0.4, 0.5) is 4.39 Å². The number of aliphatic hydroxyl groups is 1. The zero-order valence-corrected chi connectivity index (χ0v) is 13.7. The van der Waals surface area contributed by atoms with Gasteiger partial charge < -0.3 is 10.4 Å². The van der Waals surface area contributed by atoms with Crippen molar-refractivity contribution >= 4 is 23.2 Å². The molecule has 5 heteroatoms. The van der Waals surface area contributed by atoms with Crippen molar-refractivity contribution in [2.75, 3.05) is 13.2 Å². The lowest BCUT2D eigenvalue weighted by molar-refractivity contribution is 0.110. The Bertz CT molecular complexity index is 441. The fourth-order valence-electron chi connectivity index (χ4n) is 2.19. The summed E-state index contributed by atoms with van der Waals surface area (Å²) in [7, 11) is 0. The predicted molar refractivity (Wildman–Crippen MR) is 82.9 cm³/mol. The van der Waals surface area contributed by atoms with E-state index in [1.54, 1.807) is 0 Å². The fourth-order valence-corrected chi connectivity index (χ4v) is 2.89. The van der Waals surface area contributed by atoms with Gasteiger partial charge in [0.15, 0.2) is 0 Å². The Morgan fingerprint density at radius 3 is 2.40 bits per heavy atom. The van der Waals surface area contributed by atoms with Crippen molar-refractivity contribution in [1.82, 2.24) is 5.32 Å². The molecule has 0 heterocycles. The largest absolute Gasteiger partial charge is 0.396 e. The number of nitrogens with one attached hydrogen (secondary N) is 1. The third kappa shape index (κ3) is 3.85. The first-order valence-electron chi connectivity index (χ1n) is 6.88. The number of hydrogen-bond acceptors (Lipinski definition) is 2. The van der Waals surface area contributed by atoms with Gasteiger partial charge in [-0.15, -0.1) is 0 Å². The van der Waals surface area contributed by atoms with Gasteiger partial charge >= 0.3 is 0 Å². The molecule has 0 aliphatic heterocycles. The van der Waals surface area contributed by atoms with Gasteiger partial charge in [-0.3, -0.25) is 0 Å². The molecule has 114 valence electrons. The molecule has 0 amide bonds. The van der Waals surface area contributed by atoms with Gasteiger partial charge in [0.2, 0.25) is 0 Å². The Balaban J connectivity index is 2.87. The summed E-state index contributed by atoms with van der Waals surface area (Å²) < 4.78 is 13.5. The molecular weight excluding hydrogens is 300 g/mol. The molecular formula is C15H22Cl2FNO. The minimum atomic E-state index is -0.473. The Morgan fingerprint density at radius 1 is 1.30 bits per heavy atom. The fraction of sp³-hybridized carbons (Fsp3) is 0.600. The first-order valence-corrected chi connectivity index (χ1v) is 7.64. The number of hydrogen-bond donors (Lipinski definition) is 2. The van der Waals surface area contributed by atoms with Crippen molar-refractivity contribution in [3.63, 3.8) is 0 Å². The highest BCUT2D eigenvalue weighted by Gasteiger charge is 2.26. The van der Waals surface area contributed by atoms with E-state index < -0.39 is 5.82 Å². The van der Waals surface area contributed by atoms with Gasteiger partial charge in [0.25, 0.3) is 0 Å². The summed E-state index contributed by atoms with van der Waals surface area (Å²) >= 11 is 12.1. The zero-order valence-electron chi connectivity index (χ0n) is 12.1. The van der Waals surface area contributed by atoms with Gasteiger partial charge in [-0.2, -0.15) is 0 Å². The van der Waals surface area contributed by atoms with Crippen molar-refractivity contribution in [2.24, 2.45) is 5.41 Å². The second kappa shape index (κ2) is 7.60. The highest BCUT2D eigenvalue weighted by molar-refractivity contribution is 6.36. The Labute approximate surface area is 130 Å². The van der Waals surface area contributed by atoms with Gasteiger partial charge in [0, 0.05) is 35.2 Å². The monoisotopic (exact) mass is 321 g/mol. The first kappa shape index (κ1) is 17.7. The predicted octanol–water partition coefficient (Wildman–Crippen LogP) is 4.58. The third-order valence-electron chi connectivity index (χ3n) is 4.13. The SMILES string of the molecule is CCC(CC)(CO)CNC(C)c1c(Cl)ccc(F)c1Cl. The van der Waals surface area contributed by atoms with E-state index in [1.165, 1.54) is 12.1 Å². The van der Waals surface area contributed by atoms with Crippen LogP contribution < -0.4 is 5.32 Å². The molecule has 0 radical (unpaired) electrons.